The van der Waals surface area contributed by atoms with E-state index in [1.165, 1.54) is 0 Å². The molecule has 0 bridgehead atoms. The minimum Gasteiger partial charge on any atom is -0.481 e. The number of hydrogen-bond donors (Lipinski definition) is 1. The molecule has 2 saturated heterocycles. The van der Waals surface area contributed by atoms with Crippen molar-refractivity contribution >= 4 is 17.8 Å². The van der Waals surface area contributed by atoms with Gasteiger partial charge in [-0.05, 0) is 44.4 Å². The lowest BCUT2D eigenvalue weighted by Crippen LogP contribution is -2.46. The predicted molar refractivity (Wildman–Crippen MR) is 88.2 cm³/mol. The molecule has 24 heavy (non-hydrogen) atoms. The minimum absolute atomic E-state index is 0.0269. The van der Waals surface area contributed by atoms with E-state index in [0.29, 0.717) is 38.5 Å². The van der Waals surface area contributed by atoms with E-state index in [-0.39, 0.29) is 17.7 Å². The summed E-state index contributed by atoms with van der Waals surface area (Å²) in [5, 5.41) is 9.18. The van der Waals surface area contributed by atoms with Crippen LogP contribution >= 0.6 is 0 Å². The Hall–Kier alpha value is -1.59. The number of likely N-dealkylation sites (tertiary alicyclic amines) is 2. The van der Waals surface area contributed by atoms with Crippen LogP contribution in [0.15, 0.2) is 0 Å². The maximum Gasteiger partial charge on any atom is 0.308 e. The molecule has 3 fully saturated rings. The Labute approximate surface area is 143 Å². The van der Waals surface area contributed by atoms with Crippen molar-refractivity contribution in [3.05, 3.63) is 0 Å². The molecule has 0 spiro atoms. The average molecular weight is 336 g/mol. The zero-order chi connectivity index (χ0) is 17.3. The fourth-order valence-electron chi connectivity index (χ4n) is 4.44. The van der Waals surface area contributed by atoms with Gasteiger partial charge in [-0.1, -0.05) is 6.92 Å². The number of amides is 2. The van der Waals surface area contributed by atoms with E-state index in [0.717, 1.165) is 38.0 Å². The molecule has 2 unspecified atom stereocenters. The highest BCUT2D eigenvalue weighted by Crippen LogP contribution is 2.32. The highest BCUT2D eigenvalue weighted by molar-refractivity contribution is 5.89. The first-order valence-electron chi connectivity index (χ1n) is 9.26. The van der Waals surface area contributed by atoms with Crippen molar-refractivity contribution < 1.29 is 19.5 Å². The second-order valence-electron chi connectivity index (χ2n) is 7.82. The van der Waals surface area contributed by atoms with E-state index in [1.54, 1.807) is 4.90 Å². The number of rotatable bonds is 3. The molecule has 1 N–H and O–H groups in total. The number of hydrogen-bond acceptors (Lipinski definition) is 3. The Kier molecular flexibility index (Phi) is 5.11. The Morgan fingerprint density at radius 3 is 2.42 bits per heavy atom. The monoisotopic (exact) mass is 336 g/mol. The lowest BCUT2D eigenvalue weighted by molar-refractivity contribution is -0.146. The number of carbonyl (C=O) groups is 3. The number of carbonyl (C=O) groups excluding carboxylic acids is 2. The summed E-state index contributed by atoms with van der Waals surface area (Å²) in [6.07, 6.45) is 6.04. The summed E-state index contributed by atoms with van der Waals surface area (Å²) in [6.45, 7) is 3.68. The lowest BCUT2D eigenvalue weighted by atomic mass is 9.86. The summed E-state index contributed by atoms with van der Waals surface area (Å²) in [6, 6.07) is 0.291. The van der Waals surface area contributed by atoms with E-state index in [4.69, 9.17) is 0 Å². The van der Waals surface area contributed by atoms with E-state index in [9.17, 15) is 19.5 Å². The van der Waals surface area contributed by atoms with Gasteiger partial charge in [-0.25, -0.2) is 0 Å². The van der Waals surface area contributed by atoms with Gasteiger partial charge in [0.1, 0.15) is 0 Å². The number of nitrogens with zero attached hydrogens (tertiary/aromatic N) is 2. The molecule has 0 radical (unpaired) electrons. The molecule has 0 aromatic heterocycles. The van der Waals surface area contributed by atoms with Crippen LogP contribution in [0.1, 0.15) is 51.9 Å². The van der Waals surface area contributed by atoms with Crippen molar-refractivity contribution in [2.75, 3.05) is 19.6 Å². The van der Waals surface area contributed by atoms with Crippen LogP contribution in [-0.2, 0) is 14.4 Å². The van der Waals surface area contributed by atoms with Crippen LogP contribution in [0.2, 0.25) is 0 Å². The van der Waals surface area contributed by atoms with E-state index in [2.05, 4.69) is 6.92 Å². The van der Waals surface area contributed by atoms with Gasteiger partial charge in [0.15, 0.2) is 0 Å². The smallest absolute Gasteiger partial charge is 0.308 e. The van der Waals surface area contributed by atoms with Gasteiger partial charge in [-0.2, -0.15) is 0 Å². The molecular formula is C18H28N2O4. The Bertz CT molecular complexity index is 513. The van der Waals surface area contributed by atoms with Crippen LogP contribution in [0.4, 0.5) is 0 Å². The van der Waals surface area contributed by atoms with Crippen LogP contribution in [0.5, 0.6) is 0 Å². The van der Waals surface area contributed by atoms with E-state index < -0.39 is 11.9 Å². The topological polar surface area (TPSA) is 77.9 Å². The molecule has 3 rings (SSSR count). The van der Waals surface area contributed by atoms with E-state index in [1.807, 2.05) is 4.90 Å². The lowest BCUT2D eigenvalue weighted by Gasteiger charge is -2.34. The predicted octanol–water partition coefficient (Wildman–Crippen LogP) is 1.74. The van der Waals surface area contributed by atoms with E-state index >= 15 is 0 Å². The van der Waals surface area contributed by atoms with Gasteiger partial charge in [0, 0.05) is 32.1 Å². The molecule has 1 saturated carbocycles. The second-order valence-corrected chi connectivity index (χ2v) is 7.82. The van der Waals surface area contributed by atoms with Crippen molar-refractivity contribution in [1.29, 1.82) is 0 Å². The maximum absolute atomic E-state index is 12.7. The Balaban J connectivity index is 1.58. The average Bonchev–Trinajstić information content (AvgIpc) is 2.97. The molecular weight excluding hydrogens is 308 g/mol. The minimum atomic E-state index is -0.826. The van der Waals surface area contributed by atoms with Gasteiger partial charge in [0.2, 0.25) is 11.8 Å². The SMILES string of the molecule is CC1CCC(N2CC(C(=O)N3CCCC(C(=O)O)C3)CC2=O)CC1. The first-order valence-corrected chi connectivity index (χ1v) is 9.26. The molecule has 2 atom stereocenters. The number of aliphatic carboxylic acids is 1. The second kappa shape index (κ2) is 7.11. The van der Waals surface area contributed by atoms with Crippen LogP contribution in [0, 0.1) is 17.8 Å². The standard InChI is InChI=1S/C18H28N2O4/c1-12-4-6-15(7-5-12)20-11-14(9-16(20)21)17(22)19-8-2-3-13(10-19)18(23)24/h12-15H,2-11H2,1H3,(H,23,24). The van der Waals surface area contributed by atoms with Gasteiger partial charge < -0.3 is 14.9 Å². The van der Waals surface area contributed by atoms with Gasteiger partial charge >= 0.3 is 5.97 Å². The highest BCUT2D eigenvalue weighted by atomic mass is 16.4. The summed E-state index contributed by atoms with van der Waals surface area (Å²) in [7, 11) is 0. The molecule has 6 heteroatoms. The van der Waals surface area contributed by atoms with Crippen LogP contribution in [-0.4, -0.2) is 58.4 Å². The normalized spacial score (nSPS) is 34.5. The Morgan fingerprint density at radius 2 is 1.75 bits per heavy atom. The third-order valence-corrected chi connectivity index (χ3v) is 6.02. The summed E-state index contributed by atoms with van der Waals surface area (Å²) in [4.78, 5) is 39.9. The van der Waals surface area contributed by atoms with Crippen LogP contribution < -0.4 is 0 Å². The van der Waals surface area contributed by atoms with Crippen LogP contribution in [0.3, 0.4) is 0 Å². The number of piperidine rings is 1. The molecule has 2 heterocycles. The quantitative estimate of drug-likeness (QED) is 0.851. The molecule has 6 nitrogen and oxygen atoms in total. The maximum atomic E-state index is 12.7. The molecule has 2 amide bonds. The third-order valence-electron chi connectivity index (χ3n) is 6.02. The summed E-state index contributed by atoms with van der Waals surface area (Å²) < 4.78 is 0. The highest BCUT2D eigenvalue weighted by Gasteiger charge is 2.41. The van der Waals surface area contributed by atoms with Gasteiger partial charge in [0.05, 0.1) is 11.8 Å². The third kappa shape index (κ3) is 3.57. The number of carboxylic acid groups (broad SMARTS) is 1. The van der Waals surface area contributed by atoms with Crippen molar-refractivity contribution in [2.45, 2.75) is 57.9 Å². The first kappa shape index (κ1) is 17.2. The zero-order valence-electron chi connectivity index (χ0n) is 14.4. The molecule has 2 aliphatic heterocycles. The van der Waals surface area contributed by atoms with Crippen molar-refractivity contribution in [3.63, 3.8) is 0 Å². The van der Waals surface area contributed by atoms with Crippen molar-refractivity contribution in [1.82, 2.24) is 9.80 Å². The summed E-state index contributed by atoms with van der Waals surface area (Å²) in [5.41, 5.74) is 0. The van der Waals surface area contributed by atoms with Crippen LogP contribution in [0.25, 0.3) is 0 Å². The number of carboxylic acids is 1. The molecule has 0 aromatic carbocycles. The zero-order valence-corrected chi connectivity index (χ0v) is 14.4. The largest absolute Gasteiger partial charge is 0.481 e. The summed E-state index contributed by atoms with van der Waals surface area (Å²) >= 11 is 0. The van der Waals surface area contributed by atoms with Crippen molar-refractivity contribution in [3.8, 4) is 0 Å². The first-order chi connectivity index (χ1) is 11.5. The summed E-state index contributed by atoms with van der Waals surface area (Å²) in [5.74, 6) is -0.772. The van der Waals surface area contributed by atoms with Crippen molar-refractivity contribution in [2.24, 2.45) is 17.8 Å². The Morgan fingerprint density at radius 1 is 1.04 bits per heavy atom. The van der Waals surface area contributed by atoms with Gasteiger partial charge in [0.25, 0.3) is 0 Å². The molecule has 1 aliphatic carbocycles. The molecule has 0 aromatic rings. The fourth-order valence-corrected chi connectivity index (χ4v) is 4.44. The fraction of sp³-hybridized carbons (Fsp3) is 0.833. The van der Waals surface area contributed by atoms with Gasteiger partial charge in [-0.15, -0.1) is 0 Å². The molecule has 3 aliphatic rings. The van der Waals surface area contributed by atoms with Gasteiger partial charge in [-0.3, -0.25) is 14.4 Å². The molecule has 134 valence electrons.